The third kappa shape index (κ3) is 6.62. The number of hydrogen-bond donors (Lipinski definition) is 4. The summed E-state index contributed by atoms with van der Waals surface area (Å²) in [4.78, 5) is 49.3. The summed E-state index contributed by atoms with van der Waals surface area (Å²) in [7, 11) is 0. The second-order valence-corrected chi connectivity index (χ2v) is 9.51. The molecule has 0 bridgehead atoms. The second kappa shape index (κ2) is 12.3. The highest BCUT2D eigenvalue weighted by Crippen LogP contribution is 2.44. The first-order valence-electron chi connectivity index (χ1n) is 12.7. The molecule has 1 aliphatic carbocycles. The Hall–Kier alpha value is -4.66. The average molecular weight is 530 g/mol. The van der Waals surface area contributed by atoms with Crippen LogP contribution in [0.3, 0.4) is 0 Å². The van der Waals surface area contributed by atoms with Crippen LogP contribution in [0.4, 0.5) is 4.79 Å². The number of benzene rings is 3. The molecule has 3 aromatic rings. The number of ether oxygens (including phenoxy) is 1. The van der Waals surface area contributed by atoms with E-state index in [0.29, 0.717) is 0 Å². The summed E-state index contributed by atoms with van der Waals surface area (Å²) in [5.74, 6) is -2.56. The molecule has 0 heterocycles. The Bertz CT molecular complexity index is 1310. The van der Waals surface area contributed by atoms with Crippen LogP contribution in [0.2, 0.25) is 0 Å². The number of nitrogens with one attached hydrogen (secondary N) is 3. The van der Waals surface area contributed by atoms with E-state index < -0.39 is 42.0 Å². The largest absolute Gasteiger partial charge is 0.480 e. The lowest BCUT2D eigenvalue weighted by molar-refractivity contribution is -0.142. The van der Waals surface area contributed by atoms with Gasteiger partial charge in [0.1, 0.15) is 24.7 Å². The second-order valence-electron chi connectivity index (χ2n) is 9.51. The zero-order chi connectivity index (χ0) is 27.9. The summed E-state index contributed by atoms with van der Waals surface area (Å²) < 4.78 is 5.47. The van der Waals surface area contributed by atoms with Gasteiger partial charge < -0.3 is 25.8 Å². The molecule has 9 nitrogen and oxygen atoms in total. The van der Waals surface area contributed by atoms with Crippen molar-refractivity contribution < 1.29 is 29.0 Å². The van der Waals surface area contributed by atoms with E-state index in [4.69, 9.17) is 4.74 Å². The molecule has 3 atom stereocenters. The SMILES string of the molecule is CC(NC(=O)OCC1c2ccccc2-c2ccccc21)C(=O)NC(C)C(=O)NC(Cc1ccccc1)C(=O)O. The number of carboxylic acids is 1. The number of rotatable bonds is 10. The molecule has 0 spiro atoms. The van der Waals surface area contributed by atoms with Gasteiger partial charge in [-0.25, -0.2) is 9.59 Å². The molecular weight excluding hydrogens is 498 g/mol. The number of carboxylic acid groups (broad SMARTS) is 1. The Labute approximate surface area is 226 Å². The molecule has 0 aliphatic heterocycles. The molecule has 3 amide bonds. The Morgan fingerprint density at radius 3 is 1.85 bits per heavy atom. The van der Waals surface area contributed by atoms with Crippen LogP contribution < -0.4 is 16.0 Å². The number of alkyl carbamates (subject to hydrolysis) is 1. The van der Waals surface area contributed by atoms with Gasteiger partial charge in [0.05, 0.1) is 0 Å². The van der Waals surface area contributed by atoms with Gasteiger partial charge in [0, 0.05) is 12.3 Å². The molecule has 202 valence electrons. The molecule has 0 saturated heterocycles. The van der Waals surface area contributed by atoms with Crippen molar-refractivity contribution in [1.29, 1.82) is 0 Å². The Morgan fingerprint density at radius 1 is 0.744 bits per heavy atom. The topological polar surface area (TPSA) is 134 Å². The maximum Gasteiger partial charge on any atom is 0.407 e. The van der Waals surface area contributed by atoms with E-state index in [0.717, 1.165) is 27.8 Å². The minimum Gasteiger partial charge on any atom is -0.480 e. The van der Waals surface area contributed by atoms with E-state index >= 15 is 0 Å². The van der Waals surface area contributed by atoms with Gasteiger partial charge in [-0.2, -0.15) is 0 Å². The molecular formula is C30H31N3O6. The smallest absolute Gasteiger partial charge is 0.407 e. The van der Waals surface area contributed by atoms with Crippen LogP contribution >= 0.6 is 0 Å². The predicted octanol–water partition coefficient (Wildman–Crippen LogP) is 3.23. The van der Waals surface area contributed by atoms with Crippen LogP contribution in [0.15, 0.2) is 78.9 Å². The number of carbonyl (C=O) groups is 4. The monoisotopic (exact) mass is 529 g/mol. The van der Waals surface area contributed by atoms with Crippen molar-refractivity contribution in [3.63, 3.8) is 0 Å². The number of fused-ring (bicyclic) bond motifs is 3. The van der Waals surface area contributed by atoms with Gasteiger partial charge in [0.25, 0.3) is 0 Å². The Morgan fingerprint density at radius 2 is 1.26 bits per heavy atom. The maximum atomic E-state index is 12.6. The normalized spacial score (nSPS) is 14.2. The molecule has 1 aliphatic rings. The standard InChI is InChI=1S/C30H31N3O6/c1-18(28(35)33-26(29(36)37)16-20-10-4-3-5-11-20)31-27(34)19(2)32-30(38)39-17-25-23-14-8-6-12-21(23)22-13-7-9-15-24(22)25/h3-15,18-19,25-26H,16-17H2,1-2H3,(H,31,34)(H,32,38)(H,33,35)(H,36,37). The lowest BCUT2D eigenvalue weighted by atomic mass is 9.98. The molecule has 0 aromatic heterocycles. The zero-order valence-corrected chi connectivity index (χ0v) is 21.7. The number of aliphatic carboxylic acids is 1. The van der Waals surface area contributed by atoms with Crippen LogP contribution in [-0.4, -0.2) is 53.7 Å². The third-order valence-electron chi connectivity index (χ3n) is 6.72. The van der Waals surface area contributed by atoms with Gasteiger partial charge >= 0.3 is 12.1 Å². The molecule has 4 N–H and O–H groups in total. The van der Waals surface area contributed by atoms with Crippen molar-refractivity contribution in [2.24, 2.45) is 0 Å². The summed E-state index contributed by atoms with van der Waals surface area (Å²) in [6.45, 7) is 3.01. The number of hydrogen-bond acceptors (Lipinski definition) is 5. The molecule has 39 heavy (non-hydrogen) atoms. The van der Waals surface area contributed by atoms with E-state index in [2.05, 4.69) is 16.0 Å². The van der Waals surface area contributed by atoms with Crippen molar-refractivity contribution in [3.8, 4) is 11.1 Å². The van der Waals surface area contributed by atoms with Crippen LogP contribution in [0.5, 0.6) is 0 Å². The van der Waals surface area contributed by atoms with Crippen molar-refractivity contribution >= 4 is 23.9 Å². The molecule has 0 fully saturated rings. The van der Waals surface area contributed by atoms with E-state index in [-0.39, 0.29) is 18.9 Å². The van der Waals surface area contributed by atoms with Crippen molar-refractivity contribution in [1.82, 2.24) is 16.0 Å². The fraction of sp³-hybridized carbons (Fsp3) is 0.267. The highest BCUT2D eigenvalue weighted by Gasteiger charge is 2.30. The summed E-state index contributed by atoms with van der Waals surface area (Å²) in [5, 5.41) is 17.0. The van der Waals surface area contributed by atoms with Crippen LogP contribution in [0.1, 0.15) is 36.5 Å². The van der Waals surface area contributed by atoms with Gasteiger partial charge in [0.15, 0.2) is 0 Å². The van der Waals surface area contributed by atoms with Gasteiger partial charge in [-0.1, -0.05) is 78.9 Å². The van der Waals surface area contributed by atoms with Gasteiger partial charge in [-0.15, -0.1) is 0 Å². The molecule has 0 radical (unpaired) electrons. The summed E-state index contributed by atoms with van der Waals surface area (Å²) in [6, 6.07) is 21.7. The summed E-state index contributed by atoms with van der Waals surface area (Å²) in [6.07, 6.45) is -0.659. The first-order chi connectivity index (χ1) is 18.7. The maximum absolute atomic E-state index is 12.6. The molecule has 4 rings (SSSR count). The highest BCUT2D eigenvalue weighted by molar-refractivity contribution is 5.92. The molecule has 3 aromatic carbocycles. The Kier molecular flexibility index (Phi) is 8.60. The van der Waals surface area contributed by atoms with Crippen molar-refractivity contribution in [2.45, 2.75) is 44.3 Å². The fourth-order valence-electron chi connectivity index (χ4n) is 4.63. The van der Waals surface area contributed by atoms with E-state index in [9.17, 15) is 24.3 Å². The van der Waals surface area contributed by atoms with Crippen LogP contribution in [0, 0.1) is 0 Å². The highest BCUT2D eigenvalue weighted by atomic mass is 16.5. The fourth-order valence-corrected chi connectivity index (χ4v) is 4.63. The van der Waals surface area contributed by atoms with E-state index in [1.54, 1.807) is 24.3 Å². The molecule has 0 saturated carbocycles. The Balaban J connectivity index is 1.27. The van der Waals surface area contributed by atoms with Crippen molar-refractivity contribution in [3.05, 3.63) is 95.6 Å². The lowest BCUT2D eigenvalue weighted by Crippen LogP contribution is -2.54. The number of carbonyl (C=O) groups excluding carboxylic acids is 3. The predicted molar refractivity (Wildman–Crippen MR) is 145 cm³/mol. The summed E-state index contributed by atoms with van der Waals surface area (Å²) in [5.41, 5.74) is 5.11. The summed E-state index contributed by atoms with van der Waals surface area (Å²) >= 11 is 0. The first-order valence-corrected chi connectivity index (χ1v) is 12.7. The van der Waals surface area contributed by atoms with Gasteiger partial charge in [-0.05, 0) is 41.7 Å². The zero-order valence-electron chi connectivity index (χ0n) is 21.7. The first kappa shape index (κ1) is 27.4. The average Bonchev–Trinajstić information content (AvgIpc) is 3.25. The van der Waals surface area contributed by atoms with E-state index in [1.165, 1.54) is 13.8 Å². The van der Waals surface area contributed by atoms with Crippen molar-refractivity contribution in [2.75, 3.05) is 6.61 Å². The number of amides is 3. The lowest BCUT2D eigenvalue weighted by Gasteiger charge is -2.21. The molecule has 3 unspecified atom stereocenters. The quantitative estimate of drug-likeness (QED) is 0.319. The minimum atomic E-state index is -1.18. The van der Waals surface area contributed by atoms with Crippen LogP contribution in [0.25, 0.3) is 11.1 Å². The third-order valence-corrected chi connectivity index (χ3v) is 6.72. The minimum absolute atomic E-state index is 0.0995. The van der Waals surface area contributed by atoms with Crippen LogP contribution in [-0.2, 0) is 25.5 Å². The van der Waals surface area contributed by atoms with Gasteiger partial charge in [-0.3, -0.25) is 9.59 Å². The van der Waals surface area contributed by atoms with E-state index in [1.807, 2.05) is 54.6 Å². The molecule has 9 heteroatoms. The van der Waals surface area contributed by atoms with Gasteiger partial charge in [0.2, 0.25) is 11.8 Å².